The Hall–Kier alpha value is -3.12. The van der Waals surface area contributed by atoms with E-state index in [9.17, 15) is 4.79 Å². The number of nitrogens with one attached hydrogen (secondary N) is 2. The van der Waals surface area contributed by atoms with Gasteiger partial charge >= 0.3 is 0 Å². The average Bonchev–Trinajstić information content (AvgIpc) is 3.10. The molecule has 0 radical (unpaired) electrons. The number of rotatable bonds is 3. The van der Waals surface area contributed by atoms with Gasteiger partial charge in [-0.05, 0) is 41.5 Å². The van der Waals surface area contributed by atoms with Gasteiger partial charge < -0.3 is 10.6 Å². The third kappa shape index (κ3) is 3.19. The molecule has 0 saturated carbocycles. The number of carbonyl (C=O) groups is 1. The van der Waals surface area contributed by atoms with Gasteiger partial charge in [-0.2, -0.15) is 10.1 Å². The second kappa shape index (κ2) is 6.65. The first-order valence-corrected chi connectivity index (χ1v) is 8.50. The minimum atomic E-state index is -0.106. The molecule has 0 saturated heterocycles. The zero-order valence-corrected chi connectivity index (χ0v) is 14.7. The molecule has 1 aliphatic heterocycles. The molecule has 0 aliphatic carbocycles. The van der Waals surface area contributed by atoms with Crippen molar-refractivity contribution in [2.75, 3.05) is 10.6 Å². The highest BCUT2D eigenvalue weighted by atomic mass is 35.5. The van der Waals surface area contributed by atoms with Crippen LogP contribution < -0.4 is 10.6 Å². The fourth-order valence-corrected chi connectivity index (χ4v) is 3.09. The van der Waals surface area contributed by atoms with Crippen LogP contribution in [0.4, 0.5) is 11.6 Å². The zero-order valence-electron chi connectivity index (χ0n) is 14.0. The fraction of sp³-hybridized carbons (Fsp3) is 0.105. The summed E-state index contributed by atoms with van der Waals surface area (Å²) in [4.78, 5) is 15.6. The van der Waals surface area contributed by atoms with Crippen LogP contribution in [0, 0.1) is 0 Å². The molecule has 1 aromatic heterocycles. The summed E-state index contributed by atoms with van der Waals surface area (Å²) in [6.45, 7) is 1.49. The predicted molar refractivity (Wildman–Crippen MR) is 102 cm³/mol. The van der Waals surface area contributed by atoms with Crippen molar-refractivity contribution in [3.63, 3.8) is 0 Å². The van der Waals surface area contributed by atoms with Gasteiger partial charge in [-0.1, -0.05) is 35.9 Å². The van der Waals surface area contributed by atoms with Crippen LogP contribution in [0.25, 0.3) is 5.70 Å². The maximum atomic E-state index is 11.3. The molecule has 4 rings (SSSR count). The van der Waals surface area contributed by atoms with Crippen LogP contribution in [0.5, 0.6) is 0 Å². The van der Waals surface area contributed by atoms with Crippen LogP contribution in [0.3, 0.4) is 0 Å². The second-order valence-electron chi connectivity index (χ2n) is 5.99. The number of carbonyl (C=O) groups excluding carboxylic acids is 1. The number of nitrogens with zero attached hydrogens (tertiary/aromatic N) is 3. The molecular weight excluding hydrogens is 350 g/mol. The number of halogens is 1. The SMILES string of the molecule is CC(=O)Nc1cccc(C2=C[C@H](c3ccc(Cl)cc3)n3ncnc3N2)c1. The summed E-state index contributed by atoms with van der Waals surface area (Å²) in [5.74, 6) is 0.555. The molecular formula is C19H16ClN5O. The highest BCUT2D eigenvalue weighted by Gasteiger charge is 2.23. The van der Waals surface area contributed by atoms with Crippen molar-refractivity contribution in [2.24, 2.45) is 0 Å². The third-order valence-corrected chi connectivity index (χ3v) is 4.37. The first-order chi connectivity index (χ1) is 12.6. The Kier molecular flexibility index (Phi) is 4.18. The van der Waals surface area contributed by atoms with Gasteiger partial charge in [0.25, 0.3) is 0 Å². The number of hydrogen-bond donors (Lipinski definition) is 2. The van der Waals surface area contributed by atoms with E-state index in [2.05, 4.69) is 26.8 Å². The molecule has 1 atom stereocenters. The molecule has 0 fully saturated rings. The van der Waals surface area contributed by atoms with Crippen molar-refractivity contribution < 1.29 is 4.79 Å². The van der Waals surface area contributed by atoms with Crippen molar-refractivity contribution in [1.82, 2.24) is 14.8 Å². The predicted octanol–water partition coefficient (Wildman–Crippen LogP) is 3.95. The van der Waals surface area contributed by atoms with Gasteiger partial charge in [0.1, 0.15) is 12.4 Å². The molecule has 2 aromatic carbocycles. The van der Waals surface area contributed by atoms with E-state index in [4.69, 9.17) is 11.6 Å². The maximum absolute atomic E-state index is 11.3. The van der Waals surface area contributed by atoms with Crippen molar-refractivity contribution >= 4 is 34.8 Å². The van der Waals surface area contributed by atoms with Crippen molar-refractivity contribution in [2.45, 2.75) is 13.0 Å². The summed E-state index contributed by atoms with van der Waals surface area (Å²) in [5.41, 5.74) is 3.65. The number of allylic oxidation sites excluding steroid dienone is 1. The Morgan fingerprint density at radius 3 is 2.81 bits per heavy atom. The molecule has 2 N–H and O–H groups in total. The molecule has 1 aliphatic rings. The van der Waals surface area contributed by atoms with Crippen LogP contribution >= 0.6 is 11.6 Å². The highest BCUT2D eigenvalue weighted by Crippen LogP contribution is 2.32. The van der Waals surface area contributed by atoms with E-state index in [0.29, 0.717) is 11.0 Å². The number of anilines is 2. The minimum absolute atomic E-state index is 0.105. The lowest BCUT2D eigenvalue weighted by Crippen LogP contribution is -2.20. The molecule has 1 amide bonds. The number of amides is 1. The van der Waals surface area contributed by atoms with Crippen LogP contribution in [0.2, 0.25) is 5.02 Å². The van der Waals surface area contributed by atoms with Gasteiger partial charge in [-0.3, -0.25) is 4.79 Å². The summed E-state index contributed by atoms with van der Waals surface area (Å²) >= 11 is 6.02. The Bertz CT molecular complexity index is 993. The summed E-state index contributed by atoms with van der Waals surface area (Å²) in [6.07, 6.45) is 3.60. The Morgan fingerprint density at radius 1 is 1.23 bits per heavy atom. The molecule has 0 bridgehead atoms. The van der Waals surface area contributed by atoms with E-state index in [0.717, 1.165) is 22.5 Å². The molecule has 0 spiro atoms. The molecule has 0 unspecified atom stereocenters. The molecule has 2 heterocycles. The quantitative estimate of drug-likeness (QED) is 0.737. The lowest BCUT2D eigenvalue weighted by molar-refractivity contribution is -0.114. The van der Waals surface area contributed by atoms with Crippen LogP contribution in [0.1, 0.15) is 24.1 Å². The largest absolute Gasteiger partial charge is 0.326 e. The summed E-state index contributed by atoms with van der Waals surface area (Å²) in [6, 6.07) is 15.2. The first kappa shape index (κ1) is 16.4. The van der Waals surface area contributed by atoms with Crippen molar-refractivity contribution in [3.8, 4) is 0 Å². The molecule has 130 valence electrons. The van der Waals surface area contributed by atoms with Crippen molar-refractivity contribution in [3.05, 3.63) is 77.1 Å². The first-order valence-electron chi connectivity index (χ1n) is 8.12. The molecule has 26 heavy (non-hydrogen) atoms. The third-order valence-electron chi connectivity index (χ3n) is 4.11. The summed E-state index contributed by atoms with van der Waals surface area (Å²) < 4.78 is 1.82. The van der Waals surface area contributed by atoms with E-state index >= 15 is 0 Å². The molecule has 3 aromatic rings. The van der Waals surface area contributed by atoms with Gasteiger partial charge in [-0.15, -0.1) is 0 Å². The fourth-order valence-electron chi connectivity index (χ4n) is 2.97. The highest BCUT2D eigenvalue weighted by molar-refractivity contribution is 6.30. The number of hydrogen-bond acceptors (Lipinski definition) is 4. The Labute approximate surface area is 155 Å². The second-order valence-corrected chi connectivity index (χ2v) is 6.43. The van der Waals surface area contributed by atoms with Gasteiger partial charge in [0.05, 0.1) is 0 Å². The Balaban J connectivity index is 1.75. The topological polar surface area (TPSA) is 71.8 Å². The van der Waals surface area contributed by atoms with Gasteiger partial charge in [0.2, 0.25) is 11.9 Å². The average molecular weight is 366 g/mol. The summed E-state index contributed by atoms with van der Waals surface area (Å²) in [5, 5.41) is 11.1. The smallest absolute Gasteiger partial charge is 0.226 e. The van der Waals surface area contributed by atoms with E-state index in [1.165, 1.54) is 13.3 Å². The van der Waals surface area contributed by atoms with Gasteiger partial charge in [0, 0.05) is 23.3 Å². The monoisotopic (exact) mass is 365 g/mol. The van der Waals surface area contributed by atoms with Crippen LogP contribution in [-0.4, -0.2) is 20.7 Å². The normalized spacial score (nSPS) is 15.6. The number of aromatic nitrogens is 3. The molecule has 6 nitrogen and oxygen atoms in total. The zero-order chi connectivity index (χ0) is 18.1. The van der Waals surface area contributed by atoms with E-state index < -0.39 is 0 Å². The Morgan fingerprint density at radius 2 is 2.04 bits per heavy atom. The van der Waals surface area contributed by atoms with E-state index in [1.807, 2.05) is 53.2 Å². The standard InChI is InChI=1S/C19H16ClN5O/c1-12(26)23-16-4-2-3-14(9-16)17-10-18(13-5-7-15(20)8-6-13)25-19(24-17)21-11-22-25/h2-11,18H,1H3,(H,23,26)(H,21,22,24)/t18-/m1/s1. The van der Waals surface area contributed by atoms with Crippen LogP contribution in [0.15, 0.2) is 60.9 Å². The van der Waals surface area contributed by atoms with Crippen LogP contribution in [-0.2, 0) is 4.79 Å². The number of benzene rings is 2. The van der Waals surface area contributed by atoms with Gasteiger partial charge in [-0.25, -0.2) is 4.68 Å². The lowest BCUT2D eigenvalue weighted by Gasteiger charge is -2.24. The minimum Gasteiger partial charge on any atom is -0.326 e. The van der Waals surface area contributed by atoms with Gasteiger partial charge in [0.15, 0.2) is 0 Å². The van der Waals surface area contributed by atoms with Crippen molar-refractivity contribution in [1.29, 1.82) is 0 Å². The lowest BCUT2D eigenvalue weighted by atomic mass is 10.0. The maximum Gasteiger partial charge on any atom is 0.226 e. The van der Waals surface area contributed by atoms with E-state index in [-0.39, 0.29) is 11.9 Å². The number of fused-ring (bicyclic) bond motifs is 1. The summed E-state index contributed by atoms with van der Waals surface area (Å²) in [7, 11) is 0. The van der Waals surface area contributed by atoms with E-state index in [1.54, 1.807) is 0 Å². The molecule has 7 heteroatoms.